The second-order valence-electron chi connectivity index (χ2n) is 4.76. The third-order valence-corrected chi connectivity index (χ3v) is 3.34. The average molecular weight is 281 g/mol. The number of carboxylic acid groups (broad SMARTS) is 1. The minimum atomic E-state index is -1.15. The zero-order valence-corrected chi connectivity index (χ0v) is 11.1. The van der Waals surface area contributed by atoms with Gasteiger partial charge in [-0.15, -0.1) is 0 Å². The molecule has 1 fully saturated rings. The SMILES string of the molecule is CC(C(=O)O)C(=O)N1CCOC(c2cccc(F)c2)C1. The van der Waals surface area contributed by atoms with E-state index in [9.17, 15) is 14.0 Å². The van der Waals surface area contributed by atoms with Crippen molar-refractivity contribution in [3.8, 4) is 0 Å². The first-order valence-corrected chi connectivity index (χ1v) is 6.37. The van der Waals surface area contributed by atoms with Crippen molar-refractivity contribution in [1.82, 2.24) is 4.90 Å². The zero-order valence-electron chi connectivity index (χ0n) is 11.1. The van der Waals surface area contributed by atoms with Gasteiger partial charge in [-0.1, -0.05) is 12.1 Å². The number of hydrogen-bond donors (Lipinski definition) is 1. The van der Waals surface area contributed by atoms with Crippen LogP contribution in [0.4, 0.5) is 4.39 Å². The highest BCUT2D eigenvalue weighted by molar-refractivity contribution is 5.96. The first kappa shape index (κ1) is 14.5. The molecule has 6 heteroatoms. The Bertz CT molecular complexity index is 520. The lowest BCUT2D eigenvalue weighted by Crippen LogP contribution is -2.45. The van der Waals surface area contributed by atoms with Crippen molar-refractivity contribution in [3.63, 3.8) is 0 Å². The van der Waals surface area contributed by atoms with Crippen LogP contribution in [0.2, 0.25) is 0 Å². The lowest BCUT2D eigenvalue weighted by molar-refractivity contribution is -0.154. The fourth-order valence-corrected chi connectivity index (χ4v) is 2.14. The molecule has 5 nitrogen and oxygen atoms in total. The van der Waals surface area contributed by atoms with Gasteiger partial charge in [0.25, 0.3) is 0 Å². The highest BCUT2D eigenvalue weighted by atomic mass is 19.1. The van der Waals surface area contributed by atoms with Crippen molar-refractivity contribution in [1.29, 1.82) is 0 Å². The van der Waals surface area contributed by atoms with Crippen LogP contribution in [0.5, 0.6) is 0 Å². The van der Waals surface area contributed by atoms with Gasteiger partial charge in [0.15, 0.2) is 0 Å². The maximum atomic E-state index is 13.2. The van der Waals surface area contributed by atoms with Crippen LogP contribution in [-0.4, -0.2) is 41.6 Å². The third-order valence-electron chi connectivity index (χ3n) is 3.34. The van der Waals surface area contributed by atoms with Crippen LogP contribution in [0, 0.1) is 11.7 Å². The molecule has 1 amide bonds. The predicted molar refractivity (Wildman–Crippen MR) is 68.5 cm³/mol. The van der Waals surface area contributed by atoms with Crippen LogP contribution in [0.25, 0.3) is 0 Å². The molecule has 0 saturated carbocycles. The number of rotatable bonds is 3. The monoisotopic (exact) mass is 281 g/mol. The van der Waals surface area contributed by atoms with Crippen LogP contribution in [-0.2, 0) is 14.3 Å². The number of amides is 1. The minimum Gasteiger partial charge on any atom is -0.481 e. The van der Waals surface area contributed by atoms with Gasteiger partial charge in [-0.25, -0.2) is 4.39 Å². The number of carbonyl (C=O) groups excluding carboxylic acids is 1. The Morgan fingerprint density at radius 1 is 1.50 bits per heavy atom. The summed E-state index contributed by atoms with van der Waals surface area (Å²) in [6.45, 7) is 2.25. The van der Waals surface area contributed by atoms with Gasteiger partial charge in [0.1, 0.15) is 17.8 Å². The standard InChI is InChI=1S/C14H16FNO4/c1-9(14(18)19)13(17)16-5-6-20-12(8-16)10-3-2-4-11(15)7-10/h2-4,7,9,12H,5-6,8H2,1H3,(H,18,19). The van der Waals surface area contributed by atoms with Crippen LogP contribution < -0.4 is 0 Å². The molecule has 1 aromatic rings. The summed E-state index contributed by atoms with van der Waals surface area (Å²) in [7, 11) is 0. The van der Waals surface area contributed by atoms with Crippen molar-refractivity contribution in [2.45, 2.75) is 13.0 Å². The highest BCUT2D eigenvalue weighted by Crippen LogP contribution is 2.23. The largest absolute Gasteiger partial charge is 0.481 e. The normalized spacial score (nSPS) is 20.5. The smallest absolute Gasteiger partial charge is 0.315 e. The van der Waals surface area contributed by atoms with E-state index in [2.05, 4.69) is 0 Å². The molecule has 1 aliphatic heterocycles. The first-order chi connectivity index (χ1) is 9.49. The fourth-order valence-electron chi connectivity index (χ4n) is 2.14. The topological polar surface area (TPSA) is 66.8 Å². The summed E-state index contributed by atoms with van der Waals surface area (Å²) < 4.78 is 18.7. The third kappa shape index (κ3) is 3.14. The van der Waals surface area contributed by atoms with Gasteiger partial charge < -0.3 is 14.7 Å². The van der Waals surface area contributed by atoms with Crippen molar-refractivity contribution >= 4 is 11.9 Å². The van der Waals surface area contributed by atoms with Crippen LogP contribution in [0.1, 0.15) is 18.6 Å². The number of benzene rings is 1. The Kier molecular flexibility index (Phi) is 4.34. The maximum Gasteiger partial charge on any atom is 0.315 e. The molecular weight excluding hydrogens is 265 g/mol. The highest BCUT2D eigenvalue weighted by Gasteiger charge is 2.31. The molecule has 0 bridgehead atoms. The van der Waals surface area contributed by atoms with E-state index in [1.807, 2.05) is 0 Å². The lowest BCUT2D eigenvalue weighted by Gasteiger charge is -2.34. The zero-order chi connectivity index (χ0) is 14.7. The van der Waals surface area contributed by atoms with Gasteiger partial charge in [0.05, 0.1) is 13.2 Å². The van der Waals surface area contributed by atoms with Gasteiger partial charge in [-0.05, 0) is 24.6 Å². The van der Waals surface area contributed by atoms with Gasteiger partial charge in [0, 0.05) is 6.54 Å². The molecule has 0 aromatic heterocycles. The Hall–Kier alpha value is -1.95. The number of ether oxygens (including phenoxy) is 1. The fraction of sp³-hybridized carbons (Fsp3) is 0.429. The minimum absolute atomic E-state index is 0.236. The molecule has 2 unspecified atom stereocenters. The van der Waals surface area contributed by atoms with Gasteiger partial charge in [-0.2, -0.15) is 0 Å². The number of hydrogen-bond acceptors (Lipinski definition) is 3. The van der Waals surface area contributed by atoms with Crippen LogP contribution in [0.3, 0.4) is 0 Å². The second-order valence-corrected chi connectivity index (χ2v) is 4.76. The Labute approximate surface area is 116 Å². The molecular formula is C14H16FNO4. The summed E-state index contributed by atoms with van der Waals surface area (Å²) in [4.78, 5) is 24.3. The van der Waals surface area contributed by atoms with E-state index in [0.29, 0.717) is 18.7 Å². The molecule has 2 atom stereocenters. The summed E-state index contributed by atoms with van der Waals surface area (Å²) in [6.07, 6.45) is -0.426. The van der Waals surface area contributed by atoms with E-state index in [1.165, 1.54) is 24.0 Å². The predicted octanol–water partition coefficient (Wildman–Crippen LogP) is 1.45. The number of aliphatic carboxylic acids is 1. The van der Waals surface area contributed by atoms with Crippen LogP contribution >= 0.6 is 0 Å². The molecule has 1 saturated heterocycles. The van der Waals surface area contributed by atoms with E-state index in [1.54, 1.807) is 12.1 Å². The van der Waals surface area contributed by atoms with Crippen LogP contribution in [0.15, 0.2) is 24.3 Å². The Morgan fingerprint density at radius 2 is 2.25 bits per heavy atom. The van der Waals surface area contributed by atoms with Crippen molar-refractivity contribution < 1.29 is 23.8 Å². The molecule has 1 N–H and O–H groups in total. The molecule has 0 spiro atoms. The summed E-state index contributed by atoms with van der Waals surface area (Å²) in [5, 5.41) is 8.87. The number of nitrogens with zero attached hydrogens (tertiary/aromatic N) is 1. The first-order valence-electron chi connectivity index (χ1n) is 6.37. The van der Waals surface area contributed by atoms with Gasteiger partial charge in [0.2, 0.25) is 5.91 Å². The number of carboxylic acids is 1. The van der Waals surface area contributed by atoms with Crippen molar-refractivity contribution in [3.05, 3.63) is 35.6 Å². The van der Waals surface area contributed by atoms with E-state index in [0.717, 1.165) is 0 Å². The van der Waals surface area contributed by atoms with E-state index >= 15 is 0 Å². The molecule has 0 radical (unpaired) electrons. The molecule has 20 heavy (non-hydrogen) atoms. The van der Waals surface area contributed by atoms with Gasteiger partial charge >= 0.3 is 5.97 Å². The van der Waals surface area contributed by atoms with E-state index in [4.69, 9.17) is 9.84 Å². The number of halogens is 1. The van der Waals surface area contributed by atoms with Gasteiger partial charge in [-0.3, -0.25) is 9.59 Å². The average Bonchev–Trinajstić information content (AvgIpc) is 2.45. The summed E-state index contributed by atoms with van der Waals surface area (Å²) in [6, 6.07) is 6.00. The summed E-state index contributed by atoms with van der Waals surface area (Å²) >= 11 is 0. The quantitative estimate of drug-likeness (QED) is 0.851. The Balaban J connectivity index is 2.09. The summed E-state index contributed by atoms with van der Waals surface area (Å²) in [5.74, 6) is -3.04. The molecule has 1 aromatic carbocycles. The Morgan fingerprint density at radius 3 is 2.90 bits per heavy atom. The maximum absolute atomic E-state index is 13.2. The van der Waals surface area contributed by atoms with Crippen molar-refractivity contribution in [2.24, 2.45) is 5.92 Å². The molecule has 1 heterocycles. The van der Waals surface area contributed by atoms with E-state index in [-0.39, 0.29) is 12.4 Å². The molecule has 0 aliphatic carbocycles. The number of morpholine rings is 1. The number of carbonyl (C=O) groups is 2. The van der Waals surface area contributed by atoms with Crippen molar-refractivity contribution in [2.75, 3.05) is 19.7 Å². The summed E-state index contributed by atoms with van der Waals surface area (Å²) in [5.41, 5.74) is 0.644. The molecule has 1 aliphatic rings. The van der Waals surface area contributed by atoms with E-state index < -0.39 is 23.9 Å². The lowest BCUT2D eigenvalue weighted by atomic mass is 10.1. The molecule has 2 rings (SSSR count). The molecule has 108 valence electrons. The second kappa shape index (κ2) is 6.00.